The van der Waals surface area contributed by atoms with E-state index in [9.17, 15) is 4.79 Å². The summed E-state index contributed by atoms with van der Waals surface area (Å²) in [5, 5.41) is 14.8. The fourth-order valence-electron chi connectivity index (χ4n) is 4.95. The molecule has 38 heavy (non-hydrogen) atoms. The molecule has 1 saturated heterocycles. The Morgan fingerprint density at radius 1 is 1.24 bits per heavy atom. The number of nitriles is 1. The number of esters is 1. The summed E-state index contributed by atoms with van der Waals surface area (Å²) < 4.78 is 7.67. The Labute approximate surface area is 227 Å². The van der Waals surface area contributed by atoms with Gasteiger partial charge in [0.25, 0.3) is 0 Å². The maximum atomic E-state index is 12.4. The number of hydrogen-bond donors (Lipinski definition) is 1. The van der Waals surface area contributed by atoms with Crippen molar-refractivity contribution in [2.24, 2.45) is 12.5 Å². The van der Waals surface area contributed by atoms with Gasteiger partial charge in [0.05, 0.1) is 23.4 Å². The van der Waals surface area contributed by atoms with E-state index >= 15 is 0 Å². The summed E-state index contributed by atoms with van der Waals surface area (Å²) in [6.07, 6.45) is 3.18. The van der Waals surface area contributed by atoms with Crippen LogP contribution in [0.1, 0.15) is 38.3 Å². The van der Waals surface area contributed by atoms with Gasteiger partial charge < -0.3 is 19.5 Å². The third kappa shape index (κ3) is 5.17. The molecule has 2 aromatic heterocycles. The van der Waals surface area contributed by atoms with E-state index in [0.29, 0.717) is 25.1 Å². The number of halogens is 1. The van der Waals surface area contributed by atoms with Gasteiger partial charge in [0.2, 0.25) is 5.28 Å². The van der Waals surface area contributed by atoms with Gasteiger partial charge in [-0.3, -0.25) is 4.79 Å². The zero-order valence-electron chi connectivity index (χ0n) is 22.1. The van der Waals surface area contributed by atoms with Gasteiger partial charge in [-0.15, -0.1) is 0 Å². The predicted molar refractivity (Wildman–Crippen MR) is 150 cm³/mol. The molecule has 0 unspecified atom stereocenters. The van der Waals surface area contributed by atoms with Crippen LogP contribution in [0.25, 0.3) is 21.8 Å². The van der Waals surface area contributed by atoms with Gasteiger partial charge in [-0.2, -0.15) is 10.2 Å². The van der Waals surface area contributed by atoms with Crippen molar-refractivity contribution in [3.63, 3.8) is 0 Å². The average Bonchev–Trinajstić information content (AvgIpc) is 3.18. The lowest BCUT2D eigenvalue weighted by molar-refractivity contribution is -0.142. The summed E-state index contributed by atoms with van der Waals surface area (Å²) in [4.78, 5) is 23.8. The van der Waals surface area contributed by atoms with E-state index in [0.717, 1.165) is 51.8 Å². The third-order valence-corrected chi connectivity index (χ3v) is 7.05. The molecule has 1 N–H and O–H groups in total. The molecule has 0 spiro atoms. The van der Waals surface area contributed by atoms with Crippen molar-refractivity contribution in [1.82, 2.24) is 19.9 Å². The molecular weight excluding hydrogens is 500 g/mol. The number of nitrogens with one attached hydrogen (secondary N) is 1. The van der Waals surface area contributed by atoms with E-state index in [-0.39, 0.29) is 17.3 Å². The number of aryl methyl sites for hydroxylation is 1. The first-order valence-electron chi connectivity index (χ1n) is 12.7. The normalized spacial score (nSPS) is 16.1. The topological polar surface area (TPSA) is 96.1 Å². The summed E-state index contributed by atoms with van der Waals surface area (Å²) in [6, 6.07) is 14.2. The van der Waals surface area contributed by atoms with Crippen molar-refractivity contribution in [1.29, 1.82) is 5.26 Å². The molecule has 196 valence electrons. The van der Waals surface area contributed by atoms with E-state index in [1.165, 1.54) is 0 Å². The van der Waals surface area contributed by atoms with Gasteiger partial charge in [-0.25, -0.2) is 4.98 Å². The maximum Gasteiger partial charge on any atom is 0.316 e. The maximum absolute atomic E-state index is 12.4. The molecule has 0 saturated carbocycles. The number of ether oxygens (including phenoxy) is 1. The molecule has 0 amide bonds. The Bertz CT molecular complexity index is 1570. The molecule has 8 nitrogen and oxygen atoms in total. The van der Waals surface area contributed by atoms with Crippen LogP contribution in [0, 0.1) is 16.7 Å². The van der Waals surface area contributed by atoms with Crippen LogP contribution in [0.4, 0.5) is 5.82 Å². The Hall–Kier alpha value is -3.67. The number of anilines is 1. The van der Waals surface area contributed by atoms with Crippen molar-refractivity contribution in [3.8, 4) is 11.8 Å². The lowest BCUT2D eigenvalue weighted by Gasteiger charge is -2.34. The zero-order chi connectivity index (χ0) is 27.0. The summed E-state index contributed by atoms with van der Waals surface area (Å²) in [5.41, 5.74) is 3.36. The number of benzene rings is 2. The average molecular weight is 531 g/mol. The Morgan fingerprint density at radius 2 is 2.05 bits per heavy atom. The minimum Gasteiger partial charge on any atom is -0.426 e. The Balaban J connectivity index is 1.49. The molecule has 9 heteroatoms. The minimum atomic E-state index is -0.575. The Kier molecular flexibility index (Phi) is 6.99. The van der Waals surface area contributed by atoms with Crippen LogP contribution in [-0.2, 0) is 18.3 Å². The van der Waals surface area contributed by atoms with E-state index in [4.69, 9.17) is 21.6 Å². The van der Waals surface area contributed by atoms with Gasteiger partial charge in [-0.1, -0.05) is 24.3 Å². The third-order valence-electron chi connectivity index (χ3n) is 6.88. The molecule has 1 aliphatic heterocycles. The molecule has 0 aliphatic carbocycles. The largest absolute Gasteiger partial charge is 0.426 e. The van der Waals surface area contributed by atoms with Gasteiger partial charge in [0.1, 0.15) is 11.3 Å². The van der Waals surface area contributed by atoms with Crippen LogP contribution in [-0.4, -0.2) is 46.2 Å². The van der Waals surface area contributed by atoms with Crippen LogP contribution in [0.2, 0.25) is 5.28 Å². The number of carbonyl (C=O) groups is 1. The smallest absolute Gasteiger partial charge is 0.316 e. The predicted octanol–water partition coefficient (Wildman–Crippen LogP) is 5.01. The first kappa shape index (κ1) is 26.0. The second-order valence-electron chi connectivity index (χ2n) is 10.9. The molecule has 4 aromatic rings. The lowest BCUT2D eigenvalue weighted by atomic mass is 9.97. The molecule has 5 rings (SSSR count). The number of piperazine rings is 1. The lowest BCUT2D eigenvalue weighted by Crippen LogP contribution is -2.51. The fraction of sp³-hybridized carbons (Fsp3) is 0.379. The highest BCUT2D eigenvalue weighted by atomic mass is 35.5. The highest BCUT2D eigenvalue weighted by Gasteiger charge is 2.26. The molecule has 1 fully saturated rings. The van der Waals surface area contributed by atoms with E-state index in [1.54, 1.807) is 0 Å². The molecule has 2 aromatic carbocycles. The van der Waals surface area contributed by atoms with Gasteiger partial charge >= 0.3 is 5.97 Å². The highest BCUT2D eigenvalue weighted by Crippen LogP contribution is 2.33. The number of rotatable bonds is 5. The second-order valence-corrected chi connectivity index (χ2v) is 11.2. The van der Waals surface area contributed by atoms with Crippen LogP contribution >= 0.6 is 11.6 Å². The second kappa shape index (κ2) is 10.2. The number of fused-ring (bicyclic) bond motifs is 2. The van der Waals surface area contributed by atoms with Crippen LogP contribution in [0.3, 0.4) is 0 Å². The van der Waals surface area contributed by atoms with Crippen LogP contribution in [0.5, 0.6) is 5.75 Å². The number of nitrogens with zero attached hydrogens (tertiary/aromatic N) is 5. The van der Waals surface area contributed by atoms with Crippen molar-refractivity contribution < 1.29 is 9.53 Å². The fourth-order valence-corrected chi connectivity index (χ4v) is 5.12. The van der Waals surface area contributed by atoms with E-state index in [2.05, 4.69) is 43.1 Å². The van der Waals surface area contributed by atoms with Crippen molar-refractivity contribution >= 4 is 45.2 Å². The standard InChI is InChI=1S/C29H31ClN6O2/c1-29(2,3)27(37)38-22-8-9-23-18(6-5-7-19(23)15-22)14-20-16-35(4)25-24(20)33-28(30)34-26(25)36-13-12-32-21(17-36)10-11-31/h5-9,15-16,21,32H,10,12-14,17H2,1-4H3/t21-/m0/s1. The van der Waals surface area contributed by atoms with Gasteiger partial charge in [0, 0.05) is 50.9 Å². The van der Waals surface area contributed by atoms with E-state index in [1.807, 2.05) is 58.2 Å². The number of hydrogen-bond acceptors (Lipinski definition) is 7. The molecule has 0 radical (unpaired) electrons. The molecular formula is C29H31ClN6O2. The van der Waals surface area contributed by atoms with Crippen molar-refractivity contribution in [2.45, 2.75) is 39.7 Å². The summed E-state index contributed by atoms with van der Waals surface area (Å²) in [7, 11) is 2.00. The molecule has 1 atom stereocenters. The van der Waals surface area contributed by atoms with E-state index < -0.39 is 5.41 Å². The van der Waals surface area contributed by atoms with Gasteiger partial charge in [-0.05, 0) is 60.8 Å². The summed E-state index contributed by atoms with van der Waals surface area (Å²) >= 11 is 6.44. The minimum absolute atomic E-state index is 0.0838. The molecule has 0 bridgehead atoms. The first-order valence-corrected chi connectivity index (χ1v) is 13.1. The highest BCUT2D eigenvalue weighted by molar-refractivity contribution is 6.28. The van der Waals surface area contributed by atoms with Gasteiger partial charge in [0.15, 0.2) is 5.82 Å². The molecule has 1 aliphatic rings. The Morgan fingerprint density at radius 3 is 2.82 bits per heavy atom. The number of carbonyl (C=O) groups excluding carboxylic acids is 1. The quantitative estimate of drug-likeness (QED) is 0.220. The van der Waals surface area contributed by atoms with Crippen molar-refractivity contribution in [3.05, 3.63) is 59.0 Å². The summed E-state index contributed by atoms with van der Waals surface area (Å²) in [5.74, 6) is 1.07. The first-order chi connectivity index (χ1) is 18.1. The summed E-state index contributed by atoms with van der Waals surface area (Å²) in [6.45, 7) is 7.75. The van der Waals surface area contributed by atoms with Crippen LogP contribution < -0.4 is 15.0 Å². The molecule has 3 heterocycles. The zero-order valence-corrected chi connectivity index (χ0v) is 22.8. The monoisotopic (exact) mass is 530 g/mol. The SMILES string of the molecule is Cn1cc(Cc2cccc3cc(OC(=O)C(C)(C)C)ccc23)c2nc(Cl)nc(N3CCN[C@@H](CC#N)C3)c21. The van der Waals surface area contributed by atoms with Crippen LogP contribution in [0.15, 0.2) is 42.6 Å². The number of aromatic nitrogens is 3. The van der Waals surface area contributed by atoms with Crippen molar-refractivity contribution in [2.75, 3.05) is 24.5 Å².